The molecule has 0 fully saturated rings. The quantitative estimate of drug-likeness (QED) is 0.869. The monoisotopic (exact) mass is 268 g/mol. The Kier molecular flexibility index (Phi) is 3.34. The van der Waals surface area contributed by atoms with E-state index in [9.17, 15) is 14.0 Å². The van der Waals surface area contributed by atoms with Crippen LogP contribution >= 0.6 is 11.6 Å². The molecule has 1 aromatic heterocycles. The standard InChI is InChI=1S/C12H10ClFN2O2/c1-2-16-5-10(15-6-17)12(18)7-3-9(14)8(13)4-11(7)16/h3-6H,2H2,1H3,(H,15,17). The summed E-state index contributed by atoms with van der Waals surface area (Å²) < 4.78 is 15.1. The number of pyridine rings is 1. The number of amides is 1. The fraction of sp³-hybridized carbons (Fsp3) is 0.167. The van der Waals surface area contributed by atoms with Gasteiger partial charge in [-0.05, 0) is 19.1 Å². The zero-order valence-corrected chi connectivity index (χ0v) is 10.3. The summed E-state index contributed by atoms with van der Waals surface area (Å²) in [5, 5.41) is 2.45. The Morgan fingerprint density at radius 1 is 1.50 bits per heavy atom. The third-order valence-electron chi connectivity index (χ3n) is 2.68. The molecule has 1 N–H and O–H groups in total. The van der Waals surface area contributed by atoms with Gasteiger partial charge in [-0.15, -0.1) is 0 Å². The Balaban J connectivity index is 2.89. The van der Waals surface area contributed by atoms with Crippen molar-refractivity contribution in [2.75, 3.05) is 5.32 Å². The van der Waals surface area contributed by atoms with Gasteiger partial charge in [0.1, 0.15) is 11.5 Å². The predicted molar refractivity (Wildman–Crippen MR) is 68.5 cm³/mol. The van der Waals surface area contributed by atoms with Gasteiger partial charge in [0.15, 0.2) is 0 Å². The molecule has 6 heteroatoms. The number of carbonyl (C=O) groups excluding carboxylic acids is 1. The van der Waals surface area contributed by atoms with Gasteiger partial charge in [-0.1, -0.05) is 11.6 Å². The van der Waals surface area contributed by atoms with E-state index in [0.717, 1.165) is 6.07 Å². The molecular weight excluding hydrogens is 259 g/mol. The molecule has 0 aliphatic rings. The lowest BCUT2D eigenvalue weighted by atomic mass is 10.2. The van der Waals surface area contributed by atoms with Crippen LogP contribution in [0.15, 0.2) is 23.1 Å². The molecule has 1 heterocycles. The van der Waals surface area contributed by atoms with Crippen molar-refractivity contribution in [2.45, 2.75) is 13.5 Å². The molecule has 0 bridgehead atoms. The molecule has 0 unspecified atom stereocenters. The van der Waals surface area contributed by atoms with Gasteiger partial charge in [0.25, 0.3) is 0 Å². The number of nitrogens with zero attached hydrogens (tertiary/aromatic N) is 1. The number of benzene rings is 1. The number of hydrogen-bond acceptors (Lipinski definition) is 2. The lowest BCUT2D eigenvalue weighted by Gasteiger charge is -2.11. The summed E-state index contributed by atoms with van der Waals surface area (Å²) in [4.78, 5) is 22.4. The molecule has 2 rings (SSSR count). The van der Waals surface area contributed by atoms with E-state index < -0.39 is 11.2 Å². The zero-order chi connectivity index (χ0) is 13.3. The Morgan fingerprint density at radius 2 is 2.22 bits per heavy atom. The second-order valence-electron chi connectivity index (χ2n) is 3.70. The van der Waals surface area contributed by atoms with Gasteiger partial charge < -0.3 is 9.88 Å². The summed E-state index contributed by atoms with van der Waals surface area (Å²) in [7, 11) is 0. The van der Waals surface area contributed by atoms with Gasteiger partial charge >= 0.3 is 0 Å². The molecule has 4 nitrogen and oxygen atoms in total. The van der Waals surface area contributed by atoms with Crippen molar-refractivity contribution >= 4 is 34.6 Å². The summed E-state index contributed by atoms with van der Waals surface area (Å²) >= 11 is 5.71. The third kappa shape index (κ3) is 1.97. The molecule has 0 radical (unpaired) electrons. The zero-order valence-electron chi connectivity index (χ0n) is 9.54. The molecule has 0 saturated carbocycles. The molecule has 0 saturated heterocycles. The van der Waals surface area contributed by atoms with Crippen LogP contribution in [-0.2, 0) is 11.3 Å². The van der Waals surface area contributed by atoms with Crippen LogP contribution in [0.25, 0.3) is 10.9 Å². The minimum Gasteiger partial charge on any atom is -0.345 e. The summed E-state index contributed by atoms with van der Waals surface area (Å²) in [6.45, 7) is 2.43. The number of carbonyl (C=O) groups is 1. The van der Waals surface area contributed by atoms with E-state index in [1.54, 1.807) is 4.57 Å². The predicted octanol–water partition coefficient (Wildman–Crippen LogP) is 2.38. The number of halogens is 2. The van der Waals surface area contributed by atoms with Gasteiger partial charge in [0, 0.05) is 12.7 Å². The van der Waals surface area contributed by atoms with Crippen molar-refractivity contribution in [1.29, 1.82) is 0 Å². The average molecular weight is 269 g/mol. The summed E-state index contributed by atoms with van der Waals surface area (Å²) in [6.07, 6.45) is 1.92. The van der Waals surface area contributed by atoms with Crippen LogP contribution < -0.4 is 10.7 Å². The normalized spacial score (nSPS) is 10.6. The number of hydrogen-bond donors (Lipinski definition) is 1. The third-order valence-corrected chi connectivity index (χ3v) is 2.97. The first kappa shape index (κ1) is 12.6. The molecular formula is C12H10ClFN2O2. The van der Waals surface area contributed by atoms with Crippen molar-refractivity contribution in [3.8, 4) is 0 Å². The molecule has 0 spiro atoms. The Bertz CT molecular complexity index is 682. The second-order valence-corrected chi connectivity index (χ2v) is 4.11. The molecule has 94 valence electrons. The molecule has 0 atom stereocenters. The van der Waals surface area contributed by atoms with Gasteiger partial charge in [-0.25, -0.2) is 4.39 Å². The van der Waals surface area contributed by atoms with E-state index >= 15 is 0 Å². The first-order valence-electron chi connectivity index (χ1n) is 5.30. The summed E-state index contributed by atoms with van der Waals surface area (Å²) in [6, 6.07) is 2.49. The molecule has 0 aliphatic heterocycles. The largest absolute Gasteiger partial charge is 0.345 e. The van der Waals surface area contributed by atoms with Crippen LogP contribution in [0.4, 0.5) is 10.1 Å². The Morgan fingerprint density at radius 3 is 2.83 bits per heavy atom. The first-order chi connectivity index (χ1) is 8.58. The van der Waals surface area contributed by atoms with Gasteiger partial charge in [0.05, 0.1) is 15.9 Å². The van der Waals surface area contributed by atoms with Crippen molar-refractivity contribution in [2.24, 2.45) is 0 Å². The van der Waals surface area contributed by atoms with Crippen molar-refractivity contribution in [1.82, 2.24) is 4.57 Å². The number of anilines is 1. The number of aromatic nitrogens is 1. The highest BCUT2D eigenvalue weighted by Crippen LogP contribution is 2.22. The van der Waals surface area contributed by atoms with Crippen molar-refractivity contribution in [3.05, 3.63) is 39.4 Å². The fourth-order valence-corrected chi connectivity index (χ4v) is 1.97. The highest BCUT2D eigenvalue weighted by atomic mass is 35.5. The second kappa shape index (κ2) is 4.78. The SMILES string of the molecule is CCn1cc(NC=O)c(=O)c2cc(F)c(Cl)cc21. The van der Waals surface area contributed by atoms with E-state index in [2.05, 4.69) is 5.32 Å². The van der Waals surface area contributed by atoms with Crippen LogP contribution in [0.2, 0.25) is 5.02 Å². The van der Waals surface area contributed by atoms with Crippen LogP contribution in [0.3, 0.4) is 0 Å². The van der Waals surface area contributed by atoms with Gasteiger partial charge in [-0.3, -0.25) is 9.59 Å². The fourth-order valence-electron chi connectivity index (χ4n) is 1.81. The first-order valence-corrected chi connectivity index (χ1v) is 5.68. The molecule has 1 aromatic carbocycles. The number of aryl methyl sites for hydroxylation is 1. The van der Waals surface area contributed by atoms with Crippen molar-refractivity contribution < 1.29 is 9.18 Å². The Hall–Kier alpha value is -1.88. The van der Waals surface area contributed by atoms with E-state index in [1.165, 1.54) is 12.3 Å². The van der Waals surface area contributed by atoms with Crippen LogP contribution in [0.1, 0.15) is 6.92 Å². The van der Waals surface area contributed by atoms with E-state index in [4.69, 9.17) is 11.6 Å². The molecule has 18 heavy (non-hydrogen) atoms. The van der Waals surface area contributed by atoms with E-state index in [0.29, 0.717) is 18.5 Å². The molecule has 0 aliphatic carbocycles. The number of rotatable bonds is 3. The summed E-state index contributed by atoms with van der Waals surface area (Å²) in [5.74, 6) is -0.660. The van der Waals surface area contributed by atoms with Crippen LogP contribution in [0.5, 0.6) is 0 Å². The Labute approximate surface area is 107 Å². The van der Waals surface area contributed by atoms with Crippen LogP contribution in [0, 0.1) is 5.82 Å². The van der Waals surface area contributed by atoms with Crippen LogP contribution in [-0.4, -0.2) is 11.0 Å². The lowest BCUT2D eigenvalue weighted by Crippen LogP contribution is -2.15. The highest BCUT2D eigenvalue weighted by Gasteiger charge is 2.11. The van der Waals surface area contributed by atoms with Gasteiger partial charge in [-0.2, -0.15) is 0 Å². The molecule has 2 aromatic rings. The maximum absolute atomic E-state index is 13.4. The minimum atomic E-state index is -0.660. The number of fused-ring (bicyclic) bond motifs is 1. The molecule has 1 amide bonds. The lowest BCUT2D eigenvalue weighted by molar-refractivity contribution is -0.105. The topological polar surface area (TPSA) is 51.1 Å². The smallest absolute Gasteiger partial charge is 0.212 e. The maximum Gasteiger partial charge on any atom is 0.212 e. The minimum absolute atomic E-state index is 0.0415. The summed E-state index contributed by atoms with van der Waals surface area (Å²) in [5.41, 5.74) is 0.212. The van der Waals surface area contributed by atoms with Crippen molar-refractivity contribution in [3.63, 3.8) is 0 Å². The number of nitrogens with one attached hydrogen (secondary N) is 1. The van der Waals surface area contributed by atoms with E-state index in [-0.39, 0.29) is 16.1 Å². The highest BCUT2D eigenvalue weighted by molar-refractivity contribution is 6.31. The average Bonchev–Trinajstić information content (AvgIpc) is 2.35. The maximum atomic E-state index is 13.4. The van der Waals surface area contributed by atoms with Gasteiger partial charge in [0.2, 0.25) is 11.8 Å². The van der Waals surface area contributed by atoms with E-state index in [1.807, 2.05) is 6.92 Å².